The normalized spacial score (nSPS) is 21.5. The lowest BCUT2D eigenvalue weighted by molar-refractivity contribution is -0.146. The summed E-state index contributed by atoms with van der Waals surface area (Å²) in [6.07, 6.45) is 0.307. The average Bonchev–Trinajstić information content (AvgIpc) is 2.39. The highest BCUT2D eigenvalue weighted by molar-refractivity contribution is 5.81. The van der Waals surface area contributed by atoms with Gasteiger partial charge in [0, 0.05) is 39.1 Å². The summed E-state index contributed by atoms with van der Waals surface area (Å²) in [5.41, 5.74) is 0. The van der Waals surface area contributed by atoms with Gasteiger partial charge in [0.15, 0.2) is 0 Å². The summed E-state index contributed by atoms with van der Waals surface area (Å²) in [5.74, 6) is -1.35. The van der Waals surface area contributed by atoms with E-state index in [1.54, 1.807) is 4.90 Å². The van der Waals surface area contributed by atoms with Gasteiger partial charge in [-0.15, -0.1) is 0 Å². The van der Waals surface area contributed by atoms with Gasteiger partial charge in [-0.2, -0.15) is 0 Å². The minimum atomic E-state index is -0.859. The van der Waals surface area contributed by atoms with Crippen molar-refractivity contribution in [2.75, 3.05) is 32.7 Å². The molecule has 2 heterocycles. The molecule has 2 aliphatic heterocycles. The van der Waals surface area contributed by atoms with Gasteiger partial charge in [0.25, 0.3) is 0 Å². The summed E-state index contributed by atoms with van der Waals surface area (Å²) in [4.78, 5) is 36.8. The van der Waals surface area contributed by atoms with Crippen LogP contribution < -0.4 is 5.32 Å². The predicted molar refractivity (Wildman–Crippen MR) is 57.3 cm³/mol. The molecular weight excluding hydrogens is 226 g/mol. The Bertz CT molecular complexity index is 351. The Morgan fingerprint density at radius 2 is 1.94 bits per heavy atom. The van der Waals surface area contributed by atoms with Crippen molar-refractivity contribution >= 4 is 17.9 Å². The lowest BCUT2D eigenvalue weighted by atomic mass is 10.0. The van der Waals surface area contributed by atoms with Crippen molar-refractivity contribution in [3.63, 3.8) is 0 Å². The van der Waals surface area contributed by atoms with Crippen molar-refractivity contribution in [1.29, 1.82) is 0 Å². The van der Waals surface area contributed by atoms with Gasteiger partial charge in [0.05, 0.1) is 5.92 Å². The van der Waals surface area contributed by atoms with Crippen LogP contribution >= 0.6 is 0 Å². The number of hydrogen-bond donors (Lipinski definition) is 2. The Morgan fingerprint density at radius 1 is 1.24 bits per heavy atom. The fourth-order valence-electron chi connectivity index (χ4n) is 1.95. The van der Waals surface area contributed by atoms with Crippen LogP contribution in [0.4, 0.5) is 4.79 Å². The van der Waals surface area contributed by atoms with Gasteiger partial charge >= 0.3 is 12.0 Å². The van der Waals surface area contributed by atoms with Crippen LogP contribution in [0.3, 0.4) is 0 Å². The lowest BCUT2D eigenvalue weighted by Crippen LogP contribution is -2.57. The molecule has 2 saturated heterocycles. The van der Waals surface area contributed by atoms with E-state index in [0.717, 1.165) is 0 Å². The number of carbonyl (C=O) groups excluding carboxylic acids is 2. The molecule has 0 aromatic carbocycles. The fourth-order valence-corrected chi connectivity index (χ4v) is 1.95. The number of aliphatic carboxylic acids is 1. The zero-order valence-electron chi connectivity index (χ0n) is 9.39. The van der Waals surface area contributed by atoms with Crippen LogP contribution in [0.2, 0.25) is 0 Å². The van der Waals surface area contributed by atoms with Crippen molar-refractivity contribution in [3.05, 3.63) is 0 Å². The lowest BCUT2D eigenvalue weighted by Gasteiger charge is -2.39. The van der Waals surface area contributed by atoms with E-state index >= 15 is 0 Å². The first-order valence-corrected chi connectivity index (χ1v) is 5.61. The highest BCUT2D eigenvalue weighted by Crippen LogP contribution is 2.17. The van der Waals surface area contributed by atoms with Gasteiger partial charge in [-0.25, -0.2) is 4.79 Å². The van der Waals surface area contributed by atoms with E-state index < -0.39 is 11.9 Å². The van der Waals surface area contributed by atoms with Crippen molar-refractivity contribution in [2.45, 2.75) is 6.42 Å². The largest absolute Gasteiger partial charge is 0.481 e. The molecule has 0 aliphatic carbocycles. The molecule has 0 spiro atoms. The minimum Gasteiger partial charge on any atom is -0.481 e. The van der Waals surface area contributed by atoms with Crippen LogP contribution in [0, 0.1) is 5.92 Å². The number of rotatable bonds is 1. The number of likely N-dealkylation sites (tertiary alicyclic amines) is 1. The Hall–Kier alpha value is -1.79. The van der Waals surface area contributed by atoms with Gasteiger partial charge in [-0.1, -0.05) is 0 Å². The monoisotopic (exact) mass is 241 g/mol. The molecule has 94 valence electrons. The Balaban J connectivity index is 1.84. The fraction of sp³-hybridized carbons (Fsp3) is 0.700. The molecule has 7 heteroatoms. The van der Waals surface area contributed by atoms with Gasteiger partial charge in [-0.05, 0) is 0 Å². The number of carboxylic acid groups (broad SMARTS) is 1. The average molecular weight is 241 g/mol. The minimum absolute atomic E-state index is 0.0488. The van der Waals surface area contributed by atoms with Gasteiger partial charge in [-0.3, -0.25) is 9.59 Å². The number of nitrogens with one attached hydrogen (secondary N) is 1. The summed E-state index contributed by atoms with van der Waals surface area (Å²) < 4.78 is 0. The summed E-state index contributed by atoms with van der Waals surface area (Å²) in [6.45, 7) is 1.89. The quantitative estimate of drug-likeness (QED) is 0.612. The molecule has 0 atom stereocenters. The third kappa shape index (κ3) is 2.48. The molecule has 0 unspecified atom stereocenters. The van der Waals surface area contributed by atoms with Crippen LogP contribution in [-0.2, 0) is 9.59 Å². The second kappa shape index (κ2) is 4.60. The molecule has 17 heavy (non-hydrogen) atoms. The highest BCUT2D eigenvalue weighted by Gasteiger charge is 2.37. The maximum atomic E-state index is 11.9. The topological polar surface area (TPSA) is 90.0 Å². The van der Waals surface area contributed by atoms with E-state index in [1.807, 2.05) is 0 Å². The van der Waals surface area contributed by atoms with Gasteiger partial charge < -0.3 is 20.2 Å². The molecule has 2 rings (SSSR count). The maximum absolute atomic E-state index is 11.9. The van der Waals surface area contributed by atoms with E-state index in [1.165, 1.54) is 4.90 Å². The Morgan fingerprint density at radius 3 is 2.59 bits per heavy atom. The summed E-state index contributed by atoms with van der Waals surface area (Å²) in [7, 11) is 0. The third-order valence-electron chi connectivity index (χ3n) is 3.08. The summed E-state index contributed by atoms with van der Waals surface area (Å²) in [5, 5.41) is 11.4. The Labute approximate surface area is 98.4 Å². The number of nitrogens with zero attached hydrogens (tertiary/aromatic N) is 2. The molecule has 7 nitrogen and oxygen atoms in total. The number of amides is 3. The third-order valence-corrected chi connectivity index (χ3v) is 3.08. The zero-order valence-corrected chi connectivity index (χ0v) is 9.39. The van der Waals surface area contributed by atoms with E-state index in [4.69, 9.17) is 5.11 Å². The SMILES string of the molecule is O=C1CCN(C(=O)N2CC(C(=O)O)C2)CCN1. The number of urea groups is 1. The van der Waals surface area contributed by atoms with Crippen LogP contribution in [-0.4, -0.2) is 65.5 Å². The van der Waals surface area contributed by atoms with Crippen LogP contribution in [0.15, 0.2) is 0 Å². The standard InChI is InChI=1S/C10H15N3O4/c14-8-1-3-12(4-2-11-8)10(17)13-5-7(6-13)9(15)16/h7H,1-6H2,(H,11,14)(H,15,16). The van der Waals surface area contributed by atoms with E-state index in [2.05, 4.69) is 5.32 Å². The van der Waals surface area contributed by atoms with Crippen LogP contribution in [0.1, 0.15) is 6.42 Å². The zero-order chi connectivity index (χ0) is 12.4. The second-order valence-electron chi connectivity index (χ2n) is 4.31. The van der Waals surface area contributed by atoms with E-state index in [-0.39, 0.29) is 25.0 Å². The molecule has 2 aliphatic rings. The van der Waals surface area contributed by atoms with E-state index in [0.29, 0.717) is 26.1 Å². The Kier molecular flexibility index (Phi) is 3.16. The van der Waals surface area contributed by atoms with E-state index in [9.17, 15) is 14.4 Å². The molecule has 0 aromatic heterocycles. The molecule has 0 bridgehead atoms. The molecule has 0 saturated carbocycles. The predicted octanol–water partition coefficient (Wildman–Crippen LogP) is -1.06. The van der Waals surface area contributed by atoms with Crippen LogP contribution in [0.25, 0.3) is 0 Å². The first-order chi connectivity index (χ1) is 8.08. The van der Waals surface area contributed by atoms with Gasteiger partial charge in [0.2, 0.25) is 5.91 Å². The summed E-state index contributed by atoms with van der Waals surface area (Å²) in [6, 6.07) is -0.168. The number of hydrogen-bond acceptors (Lipinski definition) is 3. The molecule has 0 aromatic rings. The smallest absolute Gasteiger partial charge is 0.320 e. The maximum Gasteiger partial charge on any atom is 0.320 e. The first kappa shape index (κ1) is 11.7. The summed E-state index contributed by atoms with van der Waals surface area (Å²) >= 11 is 0. The number of carbonyl (C=O) groups is 3. The molecular formula is C10H15N3O4. The molecule has 2 N–H and O–H groups in total. The molecule has 3 amide bonds. The molecule has 0 radical (unpaired) electrons. The highest BCUT2D eigenvalue weighted by atomic mass is 16.4. The van der Waals surface area contributed by atoms with Crippen LogP contribution in [0.5, 0.6) is 0 Å². The first-order valence-electron chi connectivity index (χ1n) is 5.61. The van der Waals surface area contributed by atoms with Crippen molar-refractivity contribution in [2.24, 2.45) is 5.92 Å². The second-order valence-corrected chi connectivity index (χ2v) is 4.31. The number of carboxylic acids is 1. The van der Waals surface area contributed by atoms with Crippen molar-refractivity contribution in [1.82, 2.24) is 15.1 Å². The molecule has 2 fully saturated rings. The van der Waals surface area contributed by atoms with Crippen molar-refractivity contribution in [3.8, 4) is 0 Å². The van der Waals surface area contributed by atoms with Gasteiger partial charge in [0.1, 0.15) is 0 Å². The van der Waals surface area contributed by atoms with Crippen molar-refractivity contribution < 1.29 is 19.5 Å².